The summed E-state index contributed by atoms with van der Waals surface area (Å²) in [6, 6.07) is 22.7. The Morgan fingerprint density at radius 2 is 1.54 bits per heavy atom. The first kappa shape index (κ1) is 26.2. The highest BCUT2D eigenvalue weighted by Gasteiger charge is 2.29. The molecule has 1 fully saturated rings. The highest BCUT2D eigenvalue weighted by molar-refractivity contribution is 6.03. The van der Waals surface area contributed by atoms with E-state index in [1.807, 2.05) is 48.5 Å². The standard InChI is InChI=1S/C31H36N4O2/c1-31(2,3)24-15-17-25(18-16-24)33-30(37)29(35-20-6-7-21-35)23-13-10-22(11-14-23)12-19-28(36)34-27-9-5-4-8-26(27)32/h4-5,8-19,29H,6-7,20-21,32H2,1-3H3,(H,33,37)(H,34,36). The number of hydrogen-bond donors (Lipinski definition) is 3. The molecule has 3 aromatic carbocycles. The number of hydrogen-bond acceptors (Lipinski definition) is 4. The summed E-state index contributed by atoms with van der Waals surface area (Å²) >= 11 is 0. The van der Waals surface area contributed by atoms with Gasteiger partial charge < -0.3 is 16.4 Å². The minimum atomic E-state index is -0.368. The highest BCUT2D eigenvalue weighted by Crippen LogP contribution is 2.28. The van der Waals surface area contributed by atoms with Gasteiger partial charge in [-0.3, -0.25) is 14.5 Å². The van der Waals surface area contributed by atoms with Crippen LogP contribution in [-0.2, 0) is 15.0 Å². The molecule has 0 radical (unpaired) electrons. The van der Waals surface area contributed by atoms with Crippen LogP contribution in [0.1, 0.15) is 56.3 Å². The van der Waals surface area contributed by atoms with E-state index in [1.54, 1.807) is 18.2 Å². The van der Waals surface area contributed by atoms with Gasteiger partial charge in [0.05, 0.1) is 11.4 Å². The van der Waals surface area contributed by atoms with Crippen LogP contribution in [0.25, 0.3) is 6.08 Å². The van der Waals surface area contributed by atoms with Crippen molar-refractivity contribution in [1.29, 1.82) is 0 Å². The number of amides is 2. The lowest BCUT2D eigenvalue weighted by atomic mass is 9.87. The molecule has 4 N–H and O–H groups in total. The molecule has 3 aromatic rings. The monoisotopic (exact) mass is 496 g/mol. The molecule has 0 aliphatic carbocycles. The third-order valence-electron chi connectivity index (χ3n) is 6.67. The molecule has 1 aliphatic heterocycles. The van der Waals surface area contributed by atoms with Gasteiger partial charge in [-0.1, -0.05) is 69.3 Å². The van der Waals surface area contributed by atoms with Crippen LogP contribution in [0.5, 0.6) is 0 Å². The topological polar surface area (TPSA) is 87.5 Å². The van der Waals surface area contributed by atoms with Crippen molar-refractivity contribution >= 4 is 35.0 Å². The average molecular weight is 497 g/mol. The summed E-state index contributed by atoms with van der Waals surface area (Å²) < 4.78 is 0. The van der Waals surface area contributed by atoms with Gasteiger partial charge in [-0.05, 0) is 78.4 Å². The Bertz CT molecular complexity index is 1250. The maximum Gasteiger partial charge on any atom is 0.248 e. The van der Waals surface area contributed by atoms with Crippen molar-refractivity contribution in [3.05, 3.63) is 95.6 Å². The number of nitrogen functional groups attached to an aromatic ring is 1. The van der Waals surface area contributed by atoms with Crippen LogP contribution in [0.3, 0.4) is 0 Å². The van der Waals surface area contributed by atoms with Crippen molar-refractivity contribution in [2.24, 2.45) is 0 Å². The van der Waals surface area contributed by atoms with Crippen molar-refractivity contribution in [3.8, 4) is 0 Å². The van der Waals surface area contributed by atoms with Crippen LogP contribution >= 0.6 is 0 Å². The van der Waals surface area contributed by atoms with Gasteiger partial charge in [0.15, 0.2) is 0 Å². The summed E-state index contributed by atoms with van der Waals surface area (Å²) in [4.78, 5) is 28.0. The van der Waals surface area contributed by atoms with Gasteiger partial charge in [0, 0.05) is 11.8 Å². The van der Waals surface area contributed by atoms with Crippen molar-refractivity contribution in [1.82, 2.24) is 4.90 Å². The number of para-hydroxylation sites is 2. The van der Waals surface area contributed by atoms with Crippen LogP contribution in [0.15, 0.2) is 78.9 Å². The maximum absolute atomic E-state index is 13.5. The fourth-order valence-electron chi connectivity index (χ4n) is 4.54. The quantitative estimate of drug-likeness (QED) is 0.277. The minimum Gasteiger partial charge on any atom is -0.397 e. The zero-order valence-corrected chi connectivity index (χ0v) is 21.8. The summed E-state index contributed by atoms with van der Waals surface area (Å²) in [5.41, 5.74) is 10.9. The summed E-state index contributed by atoms with van der Waals surface area (Å²) in [5.74, 6) is -0.290. The van der Waals surface area contributed by atoms with E-state index in [9.17, 15) is 9.59 Å². The van der Waals surface area contributed by atoms with Gasteiger partial charge in [0.25, 0.3) is 0 Å². The number of nitrogens with two attached hydrogens (primary N) is 1. The van der Waals surface area contributed by atoms with E-state index < -0.39 is 0 Å². The van der Waals surface area contributed by atoms with Crippen LogP contribution in [0, 0.1) is 0 Å². The second-order valence-electron chi connectivity index (χ2n) is 10.5. The van der Waals surface area contributed by atoms with Crippen LogP contribution in [0.2, 0.25) is 0 Å². The van der Waals surface area contributed by atoms with Gasteiger partial charge in [-0.2, -0.15) is 0 Å². The highest BCUT2D eigenvalue weighted by atomic mass is 16.2. The van der Waals surface area contributed by atoms with Crippen LogP contribution in [-0.4, -0.2) is 29.8 Å². The molecule has 6 heteroatoms. The van der Waals surface area contributed by atoms with E-state index in [0.29, 0.717) is 11.4 Å². The van der Waals surface area contributed by atoms with E-state index >= 15 is 0 Å². The summed E-state index contributed by atoms with van der Waals surface area (Å²) in [7, 11) is 0. The lowest BCUT2D eigenvalue weighted by Gasteiger charge is -2.27. The largest absolute Gasteiger partial charge is 0.397 e. The molecule has 1 atom stereocenters. The van der Waals surface area contributed by atoms with E-state index in [4.69, 9.17) is 5.73 Å². The summed E-state index contributed by atoms with van der Waals surface area (Å²) in [6.07, 6.45) is 5.41. The van der Waals surface area contributed by atoms with E-state index in [2.05, 4.69) is 48.4 Å². The second-order valence-corrected chi connectivity index (χ2v) is 10.5. The third-order valence-corrected chi connectivity index (χ3v) is 6.67. The molecule has 0 saturated carbocycles. The van der Waals surface area contributed by atoms with Gasteiger partial charge in [0.2, 0.25) is 11.8 Å². The van der Waals surface area contributed by atoms with Crippen molar-refractivity contribution in [3.63, 3.8) is 0 Å². The predicted octanol–water partition coefficient (Wildman–Crippen LogP) is 5.99. The Hall–Kier alpha value is -3.90. The van der Waals surface area contributed by atoms with Gasteiger partial charge >= 0.3 is 0 Å². The number of likely N-dealkylation sites (tertiary alicyclic amines) is 1. The molecule has 4 rings (SSSR count). The SMILES string of the molecule is CC(C)(C)c1ccc(NC(=O)C(c2ccc(C=CC(=O)Nc3ccccc3N)cc2)N2CCCC2)cc1. The second kappa shape index (κ2) is 11.4. The maximum atomic E-state index is 13.5. The number of benzene rings is 3. The summed E-state index contributed by atoms with van der Waals surface area (Å²) in [6.45, 7) is 8.31. The molecule has 0 spiro atoms. The van der Waals surface area contributed by atoms with Gasteiger partial charge in [-0.25, -0.2) is 0 Å². The zero-order chi connectivity index (χ0) is 26.4. The predicted molar refractivity (Wildman–Crippen MR) is 152 cm³/mol. The minimum absolute atomic E-state index is 0.0338. The smallest absolute Gasteiger partial charge is 0.248 e. The number of carbonyl (C=O) groups is 2. The van der Waals surface area contributed by atoms with Gasteiger partial charge in [0.1, 0.15) is 6.04 Å². The van der Waals surface area contributed by atoms with Crippen molar-refractivity contribution < 1.29 is 9.59 Å². The fraction of sp³-hybridized carbons (Fsp3) is 0.290. The molecule has 37 heavy (non-hydrogen) atoms. The number of rotatable bonds is 7. The zero-order valence-electron chi connectivity index (χ0n) is 21.8. The van der Waals surface area contributed by atoms with E-state index in [1.165, 1.54) is 11.6 Å². The molecule has 192 valence electrons. The first-order valence-electron chi connectivity index (χ1n) is 12.8. The third kappa shape index (κ3) is 6.86. The molecule has 1 unspecified atom stereocenters. The molecule has 0 aromatic heterocycles. The lowest BCUT2D eigenvalue weighted by Crippen LogP contribution is -2.35. The van der Waals surface area contributed by atoms with Crippen LogP contribution in [0.4, 0.5) is 17.1 Å². The van der Waals surface area contributed by atoms with E-state index in [-0.39, 0.29) is 23.3 Å². The Kier molecular flexibility index (Phi) is 8.09. The van der Waals surface area contributed by atoms with Crippen LogP contribution < -0.4 is 16.4 Å². The Labute approximate surface area is 219 Å². The molecule has 1 aliphatic rings. The molecular formula is C31H36N4O2. The lowest BCUT2D eigenvalue weighted by molar-refractivity contribution is -0.121. The van der Waals surface area contributed by atoms with Gasteiger partial charge in [-0.15, -0.1) is 0 Å². The molecule has 1 heterocycles. The summed E-state index contributed by atoms with van der Waals surface area (Å²) in [5, 5.41) is 5.91. The number of nitrogens with zero attached hydrogens (tertiary/aromatic N) is 1. The normalized spacial score (nSPS) is 15.0. The Balaban J connectivity index is 1.45. The van der Waals surface area contributed by atoms with Crippen molar-refractivity contribution in [2.75, 3.05) is 29.5 Å². The molecule has 0 bridgehead atoms. The molecular weight excluding hydrogens is 460 g/mol. The fourth-order valence-corrected chi connectivity index (χ4v) is 4.54. The Morgan fingerprint density at radius 3 is 2.16 bits per heavy atom. The number of nitrogens with one attached hydrogen (secondary N) is 2. The molecule has 1 saturated heterocycles. The van der Waals surface area contributed by atoms with E-state index in [0.717, 1.165) is 42.7 Å². The first-order chi connectivity index (χ1) is 17.7. The average Bonchev–Trinajstić information content (AvgIpc) is 3.39. The number of anilines is 3. The molecule has 2 amide bonds. The number of carbonyl (C=O) groups excluding carboxylic acids is 2. The van der Waals surface area contributed by atoms with Crippen molar-refractivity contribution in [2.45, 2.75) is 45.1 Å². The first-order valence-corrected chi connectivity index (χ1v) is 12.8. The molecule has 6 nitrogen and oxygen atoms in total. The Morgan fingerprint density at radius 1 is 0.892 bits per heavy atom.